The van der Waals surface area contributed by atoms with Gasteiger partial charge in [0.15, 0.2) is 0 Å². The van der Waals surface area contributed by atoms with E-state index in [1.165, 1.54) is 0 Å². The predicted octanol–water partition coefficient (Wildman–Crippen LogP) is 3.84. The maximum Gasteiger partial charge on any atom is 0.271 e. The van der Waals surface area contributed by atoms with Crippen molar-refractivity contribution in [3.63, 3.8) is 0 Å². The molecule has 22 heavy (non-hydrogen) atoms. The fourth-order valence-corrected chi connectivity index (χ4v) is 2.13. The molecule has 0 saturated heterocycles. The Hall–Kier alpha value is -1.89. The molecular formula is C17H17IN2O2. The van der Waals surface area contributed by atoms with E-state index >= 15 is 0 Å². The number of carbonyl (C=O) groups excluding carboxylic acids is 1. The van der Waals surface area contributed by atoms with Crippen LogP contribution in [0.1, 0.15) is 29.8 Å². The standard InChI is InChI=1S/C17H17IN2O2/c1-12(2)22-16-6-4-3-5-14(16)11-19-20-17(21)13-7-9-15(18)10-8-13/h3-12H,1-2H3,(H,20,21)/b19-11-. The van der Waals surface area contributed by atoms with Crippen molar-refractivity contribution >= 4 is 34.7 Å². The maximum atomic E-state index is 12.0. The highest BCUT2D eigenvalue weighted by Crippen LogP contribution is 2.17. The van der Waals surface area contributed by atoms with Gasteiger partial charge < -0.3 is 4.74 Å². The summed E-state index contributed by atoms with van der Waals surface area (Å²) in [5, 5.41) is 4.00. The number of hydrogen-bond donors (Lipinski definition) is 1. The second-order valence-electron chi connectivity index (χ2n) is 4.91. The Labute approximate surface area is 143 Å². The summed E-state index contributed by atoms with van der Waals surface area (Å²) in [6.07, 6.45) is 1.67. The molecular weight excluding hydrogens is 391 g/mol. The number of nitrogens with zero attached hydrogens (tertiary/aromatic N) is 1. The molecule has 5 heteroatoms. The molecule has 0 spiro atoms. The van der Waals surface area contributed by atoms with Crippen LogP contribution in [0.2, 0.25) is 0 Å². The van der Waals surface area contributed by atoms with Crippen LogP contribution in [0.15, 0.2) is 53.6 Å². The fraction of sp³-hybridized carbons (Fsp3) is 0.176. The Kier molecular flexibility index (Phi) is 5.94. The maximum absolute atomic E-state index is 12.0. The number of para-hydroxylation sites is 1. The summed E-state index contributed by atoms with van der Waals surface area (Å²) < 4.78 is 6.78. The van der Waals surface area contributed by atoms with Crippen LogP contribution in [0.4, 0.5) is 0 Å². The Morgan fingerprint density at radius 3 is 2.55 bits per heavy atom. The van der Waals surface area contributed by atoms with E-state index in [4.69, 9.17) is 4.74 Å². The molecule has 0 fully saturated rings. The summed E-state index contributed by atoms with van der Waals surface area (Å²) in [5.41, 5.74) is 3.91. The van der Waals surface area contributed by atoms with Crippen LogP contribution in [0.25, 0.3) is 0 Å². The van der Waals surface area contributed by atoms with Gasteiger partial charge in [-0.15, -0.1) is 0 Å². The lowest BCUT2D eigenvalue weighted by atomic mass is 10.2. The summed E-state index contributed by atoms with van der Waals surface area (Å²) in [6.45, 7) is 3.93. The largest absolute Gasteiger partial charge is 0.490 e. The molecule has 0 heterocycles. The first-order valence-electron chi connectivity index (χ1n) is 6.91. The molecule has 0 aliphatic carbocycles. The summed E-state index contributed by atoms with van der Waals surface area (Å²) in [5.74, 6) is 0.500. The predicted molar refractivity (Wildman–Crippen MR) is 96.4 cm³/mol. The van der Waals surface area contributed by atoms with Crippen LogP contribution in [0, 0.1) is 3.57 Å². The van der Waals surface area contributed by atoms with Gasteiger partial charge in [0.25, 0.3) is 5.91 Å². The first-order valence-corrected chi connectivity index (χ1v) is 7.99. The number of amides is 1. The quantitative estimate of drug-likeness (QED) is 0.465. The third-order valence-electron chi connectivity index (χ3n) is 2.76. The molecule has 114 valence electrons. The molecule has 0 aliphatic rings. The monoisotopic (exact) mass is 408 g/mol. The van der Waals surface area contributed by atoms with Crippen LogP contribution in [0.3, 0.4) is 0 Å². The third-order valence-corrected chi connectivity index (χ3v) is 3.48. The number of hydrogen-bond acceptors (Lipinski definition) is 3. The molecule has 0 unspecified atom stereocenters. The molecule has 0 atom stereocenters. The minimum Gasteiger partial charge on any atom is -0.490 e. The van der Waals surface area contributed by atoms with Crippen molar-refractivity contribution < 1.29 is 9.53 Å². The van der Waals surface area contributed by atoms with Crippen molar-refractivity contribution in [3.05, 3.63) is 63.2 Å². The molecule has 0 bridgehead atoms. The van der Waals surface area contributed by atoms with Gasteiger partial charge in [-0.1, -0.05) is 12.1 Å². The van der Waals surface area contributed by atoms with Crippen LogP contribution >= 0.6 is 22.6 Å². The second kappa shape index (κ2) is 7.93. The summed E-state index contributed by atoms with van der Waals surface area (Å²) in [6, 6.07) is 14.9. The van der Waals surface area contributed by atoms with Crippen molar-refractivity contribution in [1.82, 2.24) is 5.43 Å². The number of benzene rings is 2. The Morgan fingerprint density at radius 1 is 1.18 bits per heavy atom. The number of hydrazone groups is 1. The molecule has 1 amide bonds. The van der Waals surface area contributed by atoms with Gasteiger partial charge in [0.05, 0.1) is 12.3 Å². The van der Waals surface area contributed by atoms with Gasteiger partial charge in [0, 0.05) is 14.7 Å². The first kappa shape index (κ1) is 16.5. The van der Waals surface area contributed by atoms with E-state index in [9.17, 15) is 4.79 Å². The van der Waals surface area contributed by atoms with Gasteiger partial charge >= 0.3 is 0 Å². The van der Waals surface area contributed by atoms with E-state index in [-0.39, 0.29) is 12.0 Å². The molecule has 0 aromatic heterocycles. The van der Waals surface area contributed by atoms with E-state index < -0.39 is 0 Å². The summed E-state index contributed by atoms with van der Waals surface area (Å²) in [7, 11) is 0. The van der Waals surface area contributed by atoms with E-state index in [0.717, 1.165) is 14.9 Å². The van der Waals surface area contributed by atoms with Gasteiger partial charge in [-0.3, -0.25) is 4.79 Å². The van der Waals surface area contributed by atoms with Crippen molar-refractivity contribution in [2.75, 3.05) is 0 Å². The molecule has 1 N–H and O–H groups in total. The lowest BCUT2D eigenvalue weighted by Gasteiger charge is -2.11. The average Bonchev–Trinajstić information content (AvgIpc) is 2.49. The molecule has 2 aromatic rings. The average molecular weight is 408 g/mol. The topological polar surface area (TPSA) is 50.7 Å². The molecule has 4 nitrogen and oxygen atoms in total. The molecule has 2 rings (SSSR count). The van der Waals surface area contributed by atoms with Crippen LogP contribution in [0.5, 0.6) is 5.75 Å². The highest BCUT2D eigenvalue weighted by Gasteiger charge is 2.05. The van der Waals surface area contributed by atoms with Crippen molar-refractivity contribution in [2.45, 2.75) is 20.0 Å². The second-order valence-corrected chi connectivity index (χ2v) is 6.16. The third kappa shape index (κ3) is 4.84. The van der Waals surface area contributed by atoms with Gasteiger partial charge in [0.1, 0.15) is 5.75 Å². The molecule has 2 aromatic carbocycles. The summed E-state index contributed by atoms with van der Waals surface area (Å²) in [4.78, 5) is 12.0. The zero-order chi connectivity index (χ0) is 15.9. The highest BCUT2D eigenvalue weighted by atomic mass is 127. The van der Waals surface area contributed by atoms with Crippen LogP contribution < -0.4 is 10.2 Å². The van der Waals surface area contributed by atoms with E-state index in [0.29, 0.717) is 5.56 Å². The number of carbonyl (C=O) groups is 1. The van der Waals surface area contributed by atoms with Gasteiger partial charge in [-0.25, -0.2) is 5.43 Å². The highest BCUT2D eigenvalue weighted by molar-refractivity contribution is 14.1. The fourth-order valence-electron chi connectivity index (χ4n) is 1.77. The van der Waals surface area contributed by atoms with Gasteiger partial charge in [0.2, 0.25) is 0 Å². The van der Waals surface area contributed by atoms with Gasteiger partial charge in [-0.05, 0) is 72.8 Å². The normalized spacial score (nSPS) is 10.9. The van der Waals surface area contributed by atoms with E-state index in [1.54, 1.807) is 18.3 Å². The molecule has 0 radical (unpaired) electrons. The minimum absolute atomic E-state index is 0.0796. The Bertz CT molecular complexity index is 667. The van der Waals surface area contributed by atoms with Crippen molar-refractivity contribution in [2.24, 2.45) is 5.10 Å². The van der Waals surface area contributed by atoms with Gasteiger partial charge in [-0.2, -0.15) is 5.10 Å². The molecule has 0 saturated carbocycles. The first-order chi connectivity index (χ1) is 10.6. The SMILES string of the molecule is CC(C)Oc1ccccc1/C=N\NC(=O)c1ccc(I)cc1. The van der Waals surface area contributed by atoms with Crippen molar-refractivity contribution in [3.8, 4) is 5.75 Å². The zero-order valence-corrected chi connectivity index (χ0v) is 14.6. The van der Waals surface area contributed by atoms with Crippen LogP contribution in [-0.2, 0) is 0 Å². The number of halogens is 1. The lowest BCUT2D eigenvalue weighted by Crippen LogP contribution is -2.17. The number of rotatable bonds is 5. The van der Waals surface area contributed by atoms with E-state index in [2.05, 4.69) is 33.1 Å². The number of nitrogens with one attached hydrogen (secondary N) is 1. The lowest BCUT2D eigenvalue weighted by molar-refractivity contribution is 0.0955. The van der Waals surface area contributed by atoms with Crippen molar-refractivity contribution in [1.29, 1.82) is 0 Å². The summed E-state index contributed by atoms with van der Waals surface area (Å²) >= 11 is 2.19. The van der Waals surface area contributed by atoms with E-state index in [1.807, 2.05) is 50.2 Å². The zero-order valence-electron chi connectivity index (χ0n) is 12.4. The van der Waals surface area contributed by atoms with Crippen LogP contribution in [-0.4, -0.2) is 18.2 Å². The Morgan fingerprint density at radius 2 is 1.86 bits per heavy atom. The smallest absolute Gasteiger partial charge is 0.271 e. The molecule has 0 aliphatic heterocycles. The minimum atomic E-state index is -0.241. The Balaban J connectivity index is 2.03. The number of ether oxygens (including phenoxy) is 1.